The lowest BCUT2D eigenvalue weighted by Crippen LogP contribution is -2.62. The van der Waals surface area contributed by atoms with Crippen molar-refractivity contribution in [2.45, 2.75) is 50.6 Å². The molecular formula is C13H24ClN3O. The zero-order valence-corrected chi connectivity index (χ0v) is 11.7. The van der Waals surface area contributed by atoms with E-state index in [9.17, 15) is 4.79 Å². The van der Waals surface area contributed by atoms with Crippen LogP contribution >= 0.6 is 12.4 Å². The molecule has 0 bridgehead atoms. The summed E-state index contributed by atoms with van der Waals surface area (Å²) in [6.07, 6.45) is 7.41. The number of carbonyl (C=O) groups is 1. The molecule has 2 heterocycles. The van der Waals surface area contributed by atoms with Crippen LogP contribution in [0.25, 0.3) is 0 Å². The van der Waals surface area contributed by atoms with Gasteiger partial charge in [-0.2, -0.15) is 0 Å². The van der Waals surface area contributed by atoms with Crippen molar-refractivity contribution in [2.24, 2.45) is 5.92 Å². The van der Waals surface area contributed by atoms with Crippen LogP contribution in [0.2, 0.25) is 0 Å². The van der Waals surface area contributed by atoms with E-state index in [1.54, 1.807) is 0 Å². The summed E-state index contributed by atoms with van der Waals surface area (Å²) >= 11 is 0. The van der Waals surface area contributed by atoms with Gasteiger partial charge in [-0.1, -0.05) is 12.8 Å². The molecule has 18 heavy (non-hydrogen) atoms. The fourth-order valence-electron chi connectivity index (χ4n) is 3.77. The summed E-state index contributed by atoms with van der Waals surface area (Å²) in [4.78, 5) is 14.3. The third-order valence-electron chi connectivity index (χ3n) is 4.68. The lowest BCUT2D eigenvalue weighted by Gasteiger charge is -2.48. The molecule has 0 unspecified atom stereocenters. The molecule has 104 valence electrons. The van der Waals surface area contributed by atoms with Crippen LogP contribution in [0.3, 0.4) is 0 Å². The molecule has 3 rings (SSSR count). The Labute approximate surface area is 115 Å². The van der Waals surface area contributed by atoms with E-state index < -0.39 is 0 Å². The van der Waals surface area contributed by atoms with Gasteiger partial charge in [-0.25, -0.2) is 4.79 Å². The molecule has 0 aromatic heterocycles. The maximum Gasteiger partial charge on any atom is 0.317 e. The predicted octanol–water partition coefficient (Wildman–Crippen LogP) is 1.74. The number of rotatable bonds is 1. The van der Waals surface area contributed by atoms with E-state index in [1.807, 2.05) is 0 Å². The number of hydrogen-bond donors (Lipinski definition) is 2. The lowest BCUT2D eigenvalue weighted by atomic mass is 9.81. The number of amides is 2. The number of nitrogens with one attached hydrogen (secondary N) is 2. The number of carbonyl (C=O) groups excluding carboxylic acids is 1. The van der Waals surface area contributed by atoms with Crippen LogP contribution in [-0.2, 0) is 0 Å². The van der Waals surface area contributed by atoms with Gasteiger partial charge in [-0.05, 0) is 44.7 Å². The number of fused-ring (bicyclic) bond motifs is 1. The largest absolute Gasteiger partial charge is 0.338 e. The van der Waals surface area contributed by atoms with Crippen molar-refractivity contribution >= 4 is 18.4 Å². The Morgan fingerprint density at radius 2 is 1.78 bits per heavy atom. The molecule has 0 radical (unpaired) electrons. The van der Waals surface area contributed by atoms with Gasteiger partial charge >= 0.3 is 6.03 Å². The van der Waals surface area contributed by atoms with Gasteiger partial charge in [-0.15, -0.1) is 12.4 Å². The average molecular weight is 274 g/mol. The Morgan fingerprint density at radius 1 is 1.06 bits per heavy atom. The molecule has 2 amide bonds. The van der Waals surface area contributed by atoms with Gasteiger partial charge in [0.2, 0.25) is 0 Å². The fourth-order valence-corrected chi connectivity index (χ4v) is 3.77. The second kappa shape index (κ2) is 6.11. The number of urea groups is 1. The van der Waals surface area contributed by atoms with Gasteiger partial charge < -0.3 is 15.5 Å². The van der Waals surface area contributed by atoms with Crippen molar-refractivity contribution in [3.8, 4) is 0 Å². The monoisotopic (exact) mass is 273 g/mol. The Balaban J connectivity index is 0.00000120. The quantitative estimate of drug-likeness (QED) is 0.764. The maximum atomic E-state index is 12.1. The van der Waals surface area contributed by atoms with E-state index in [1.165, 1.54) is 25.7 Å². The first-order valence-corrected chi connectivity index (χ1v) is 7.13. The van der Waals surface area contributed by atoms with Crippen LogP contribution in [0.1, 0.15) is 38.5 Å². The topological polar surface area (TPSA) is 44.4 Å². The van der Waals surface area contributed by atoms with E-state index in [4.69, 9.17) is 0 Å². The summed E-state index contributed by atoms with van der Waals surface area (Å²) in [7, 11) is 0. The highest BCUT2D eigenvalue weighted by atomic mass is 35.5. The number of hydrogen-bond acceptors (Lipinski definition) is 2. The van der Waals surface area contributed by atoms with E-state index >= 15 is 0 Å². The normalized spacial score (nSPS) is 33.3. The Morgan fingerprint density at radius 3 is 2.56 bits per heavy atom. The van der Waals surface area contributed by atoms with E-state index in [-0.39, 0.29) is 18.4 Å². The summed E-state index contributed by atoms with van der Waals surface area (Å²) in [5.74, 6) is 0.705. The zero-order chi connectivity index (χ0) is 11.7. The molecule has 2 N–H and O–H groups in total. The molecule has 2 aliphatic heterocycles. The predicted molar refractivity (Wildman–Crippen MR) is 74.1 cm³/mol. The van der Waals surface area contributed by atoms with Crippen LogP contribution in [0.4, 0.5) is 4.79 Å². The fraction of sp³-hybridized carbons (Fsp3) is 0.923. The lowest BCUT2D eigenvalue weighted by molar-refractivity contribution is 0.0558. The summed E-state index contributed by atoms with van der Waals surface area (Å²) in [5.41, 5.74) is 0. The number of piperidine rings is 1. The molecule has 3 fully saturated rings. The molecule has 1 saturated carbocycles. The highest BCUT2D eigenvalue weighted by Gasteiger charge is 2.40. The molecule has 2 atom stereocenters. The minimum absolute atomic E-state index is 0. The van der Waals surface area contributed by atoms with Crippen LogP contribution in [0.15, 0.2) is 0 Å². The van der Waals surface area contributed by atoms with Gasteiger partial charge in [0, 0.05) is 18.6 Å². The van der Waals surface area contributed by atoms with Crippen LogP contribution in [0, 0.1) is 5.92 Å². The van der Waals surface area contributed by atoms with Crippen molar-refractivity contribution < 1.29 is 4.79 Å². The van der Waals surface area contributed by atoms with Crippen molar-refractivity contribution in [1.82, 2.24) is 15.5 Å². The summed E-state index contributed by atoms with van der Waals surface area (Å²) in [6, 6.07) is 1.20. The van der Waals surface area contributed by atoms with Gasteiger partial charge in [-0.3, -0.25) is 0 Å². The van der Waals surface area contributed by atoms with Crippen molar-refractivity contribution in [1.29, 1.82) is 0 Å². The van der Waals surface area contributed by atoms with Gasteiger partial charge in [0.05, 0.1) is 0 Å². The van der Waals surface area contributed by atoms with Crippen molar-refractivity contribution in [3.05, 3.63) is 0 Å². The summed E-state index contributed by atoms with van der Waals surface area (Å²) in [5, 5.41) is 6.48. The van der Waals surface area contributed by atoms with E-state index in [0.29, 0.717) is 18.0 Å². The SMILES string of the molecule is Cl.O=C1NC[C@H]2CCCC[C@@H]2N1C1CCNCC1. The molecule has 4 nitrogen and oxygen atoms in total. The molecule has 0 aromatic rings. The highest BCUT2D eigenvalue weighted by molar-refractivity contribution is 5.85. The first-order valence-electron chi connectivity index (χ1n) is 7.13. The highest BCUT2D eigenvalue weighted by Crippen LogP contribution is 2.33. The summed E-state index contributed by atoms with van der Waals surface area (Å²) < 4.78 is 0. The number of nitrogens with zero attached hydrogens (tertiary/aromatic N) is 1. The van der Waals surface area contributed by atoms with Crippen LogP contribution in [0.5, 0.6) is 0 Å². The van der Waals surface area contributed by atoms with Crippen LogP contribution < -0.4 is 10.6 Å². The minimum atomic E-state index is 0. The minimum Gasteiger partial charge on any atom is -0.338 e. The average Bonchev–Trinajstić information content (AvgIpc) is 2.39. The van der Waals surface area contributed by atoms with Crippen molar-refractivity contribution in [3.63, 3.8) is 0 Å². The third kappa shape index (κ3) is 2.59. The van der Waals surface area contributed by atoms with Gasteiger partial charge in [0.1, 0.15) is 0 Å². The van der Waals surface area contributed by atoms with E-state index in [2.05, 4.69) is 15.5 Å². The molecular weight excluding hydrogens is 250 g/mol. The molecule has 1 aliphatic carbocycles. The molecule has 2 saturated heterocycles. The maximum absolute atomic E-state index is 12.1. The second-order valence-electron chi connectivity index (χ2n) is 5.69. The zero-order valence-electron chi connectivity index (χ0n) is 10.9. The van der Waals surface area contributed by atoms with E-state index in [0.717, 1.165) is 32.5 Å². The third-order valence-corrected chi connectivity index (χ3v) is 4.68. The first-order chi connectivity index (χ1) is 8.36. The van der Waals surface area contributed by atoms with Gasteiger partial charge in [0.15, 0.2) is 0 Å². The Bertz CT molecular complexity index is 294. The van der Waals surface area contributed by atoms with Crippen molar-refractivity contribution in [2.75, 3.05) is 19.6 Å². The second-order valence-corrected chi connectivity index (χ2v) is 5.69. The smallest absolute Gasteiger partial charge is 0.317 e. The van der Waals surface area contributed by atoms with Crippen LogP contribution in [-0.4, -0.2) is 42.6 Å². The molecule has 5 heteroatoms. The summed E-state index contributed by atoms with van der Waals surface area (Å²) in [6.45, 7) is 3.03. The first kappa shape index (κ1) is 13.9. The standard InChI is InChI=1S/C13H23N3O.ClH/c17-13-15-9-10-3-1-2-4-12(10)16(13)11-5-7-14-8-6-11;/h10-12,14H,1-9H2,(H,15,17);1H/t10-,12+;/m1./s1. The Hall–Kier alpha value is -0.480. The molecule has 0 spiro atoms. The number of halogens is 1. The molecule has 3 aliphatic rings. The molecule has 0 aromatic carbocycles. The Kier molecular flexibility index (Phi) is 4.73. The van der Waals surface area contributed by atoms with Gasteiger partial charge in [0.25, 0.3) is 0 Å².